The summed E-state index contributed by atoms with van der Waals surface area (Å²) in [7, 11) is 0. The van der Waals surface area contributed by atoms with Gasteiger partial charge in [0.05, 0.1) is 0 Å². The molecule has 2 atom stereocenters. The van der Waals surface area contributed by atoms with Crippen molar-refractivity contribution in [1.29, 1.82) is 0 Å². The van der Waals surface area contributed by atoms with Crippen LogP contribution in [0.4, 0.5) is 13.2 Å². The van der Waals surface area contributed by atoms with Gasteiger partial charge in [0, 0.05) is 10.9 Å². The van der Waals surface area contributed by atoms with Crippen molar-refractivity contribution >= 4 is 15.9 Å². The van der Waals surface area contributed by atoms with Crippen LogP contribution in [-0.2, 0) is 0 Å². The molecule has 1 aromatic rings. The minimum absolute atomic E-state index is 0.0433. The first-order valence-corrected chi connectivity index (χ1v) is 5.13. The van der Waals surface area contributed by atoms with Gasteiger partial charge in [0.2, 0.25) is 0 Å². The normalized spacial score (nSPS) is 15.3. The molecule has 0 aromatic heterocycles. The van der Waals surface area contributed by atoms with Gasteiger partial charge in [-0.1, -0.05) is 29.8 Å². The molecule has 0 bridgehead atoms. The molecule has 78 valence electrons. The van der Waals surface area contributed by atoms with Crippen LogP contribution in [0.2, 0.25) is 0 Å². The van der Waals surface area contributed by atoms with Crippen molar-refractivity contribution in [2.24, 2.45) is 0 Å². The van der Waals surface area contributed by atoms with Crippen molar-refractivity contribution in [3.63, 3.8) is 0 Å². The van der Waals surface area contributed by atoms with Crippen LogP contribution in [0.5, 0.6) is 0 Å². The van der Waals surface area contributed by atoms with E-state index in [1.165, 1.54) is 0 Å². The maximum Gasteiger partial charge on any atom is 0.162 e. The number of alkyl halides is 1. The lowest BCUT2D eigenvalue weighted by molar-refractivity contribution is 0.477. The summed E-state index contributed by atoms with van der Waals surface area (Å²) in [6.45, 7) is 3.50. The Morgan fingerprint density at radius 1 is 1.14 bits per heavy atom. The number of hydrogen-bond donors (Lipinski definition) is 0. The van der Waals surface area contributed by atoms with Crippen LogP contribution in [-0.4, -0.2) is 4.83 Å². The third kappa shape index (κ3) is 2.29. The van der Waals surface area contributed by atoms with E-state index in [-0.39, 0.29) is 16.3 Å². The van der Waals surface area contributed by atoms with E-state index >= 15 is 0 Å². The molecule has 1 rings (SSSR count). The van der Waals surface area contributed by atoms with Crippen molar-refractivity contribution in [3.05, 3.63) is 35.1 Å². The van der Waals surface area contributed by atoms with E-state index in [9.17, 15) is 13.2 Å². The predicted molar refractivity (Wildman–Crippen MR) is 53.1 cm³/mol. The van der Waals surface area contributed by atoms with Crippen LogP contribution in [0.1, 0.15) is 25.3 Å². The van der Waals surface area contributed by atoms with Gasteiger partial charge in [-0.3, -0.25) is 0 Å². The molecule has 0 radical (unpaired) electrons. The lowest BCUT2D eigenvalue weighted by Gasteiger charge is -2.15. The first-order chi connectivity index (χ1) is 6.43. The highest BCUT2D eigenvalue weighted by molar-refractivity contribution is 9.09. The second-order valence-electron chi connectivity index (χ2n) is 3.26. The van der Waals surface area contributed by atoms with Crippen LogP contribution in [0, 0.1) is 17.5 Å². The van der Waals surface area contributed by atoms with Gasteiger partial charge >= 0.3 is 0 Å². The van der Waals surface area contributed by atoms with E-state index in [2.05, 4.69) is 15.9 Å². The highest BCUT2D eigenvalue weighted by Crippen LogP contribution is 2.28. The highest BCUT2D eigenvalue weighted by atomic mass is 79.9. The summed E-state index contributed by atoms with van der Waals surface area (Å²) >= 11 is 3.25. The van der Waals surface area contributed by atoms with Crippen LogP contribution >= 0.6 is 15.9 Å². The maximum absolute atomic E-state index is 13.2. The molecule has 0 aliphatic heterocycles. The Balaban J connectivity index is 3.20. The van der Waals surface area contributed by atoms with Crippen LogP contribution < -0.4 is 0 Å². The lowest BCUT2D eigenvalue weighted by atomic mass is 9.98. The Kier molecular flexibility index (Phi) is 3.59. The summed E-state index contributed by atoms with van der Waals surface area (Å²) in [6, 6.07) is 1.57. The second-order valence-corrected chi connectivity index (χ2v) is 4.70. The van der Waals surface area contributed by atoms with Gasteiger partial charge in [0.1, 0.15) is 5.82 Å². The fourth-order valence-corrected chi connectivity index (χ4v) is 1.44. The lowest BCUT2D eigenvalue weighted by Crippen LogP contribution is -2.08. The second kappa shape index (κ2) is 4.34. The van der Waals surface area contributed by atoms with E-state index < -0.39 is 17.5 Å². The van der Waals surface area contributed by atoms with Crippen molar-refractivity contribution < 1.29 is 13.2 Å². The average molecular weight is 267 g/mol. The molecule has 0 saturated carbocycles. The molecule has 0 saturated heterocycles. The zero-order valence-corrected chi connectivity index (χ0v) is 9.41. The predicted octanol–water partition coefficient (Wildman–Crippen LogP) is 3.99. The maximum atomic E-state index is 13.2. The van der Waals surface area contributed by atoms with E-state index in [4.69, 9.17) is 0 Å². The Bertz CT molecular complexity index is 336. The molecule has 0 spiro atoms. The average Bonchev–Trinajstić information content (AvgIpc) is 2.09. The third-order valence-electron chi connectivity index (χ3n) is 2.20. The summed E-state index contributed by atoms with van der Waals surface area (Å²) < 4.78 is 38.9. The molecule has 0 amide bonds. The van der Waals surface area contributed by atoms with Gasteiger partial charge in [-0.2, -0.15) is 0 Å². The summed E-state index contributed by atoms with van der Waals surface area (Å²) in [5.74, 6) is -3.13. The first-order valence-electron chi connectivity index (χ1n) is 4.22. The van der Waals surface area contributed by atoms with E-state index in [0.717, 1.165) is 6.07 Å². The van der Waals surface area contributed by atoms with E-state index in [1.807, 2.05) is 0 Å². The molecule has 4 heteroatoms. The minimum Gasteiger partial charge on any atom is -0.207 e. The standard InChI is InChI=1S/C10H10BrF3/c1-5(6(2)11)8-3-7(12)4-9(13)10(8)14/h3-6H,1-2H3. The molecule has 0 fully saturated rings. The van der Waals surface area contributed by atoms with Crippen LogP contribution in [0.3, 0.4) is 0 Å². The molecular weight excluding hydrogens is 257 g/mol. The Morgan fingerprint density at radius 3 is 2.21 bits per heavy atom. The van der Waals surface area contributed by atoms with Gasteiger partial charge in [-0.15, -0.1) is 0 Å². The van der Waals surface area contributed by atoms with Crippen molar-refractivity contribution in [2.45, 2.75) is 24.6 Å². The SMILES string of the molecule is CC(Br)C(C)c1cc(F)cc(F)c1F. The number of rotatable bonds is 2. The molecule has 0 aliphatic rings. The van der Waals surface area contributed by atoms with Gasteiger partial charge in [0.25, 0.3) is 0 Å². The van der Waals surface area contributed by atoms with Crippen molar-refractivity contribution in [1.82, 2.24) is 0 Å². The first kappa shape index (κ1) is 11.6. The Hall–Kier alpha value is -0.510. The van der Waals surface area contributed by atoms with Gasteiger partial charge in [-0.05, 0) is 17.5 Å². The molecule has 0 nitrogen and oxygen atoms in total. The van der Waals surface area contributed by atoms with Gasteiger partial charge in [0.15, 0.2) is 11.6 Å². The molecule has 2 unspecified atom stereocenters. The van der Waals surface area contributed by atoms with E-state index in [0.29, 0.717) is 6.07 Å². The molecule has 1 aromatic carbocycles. The summed E-state index contributed by atoms with van der Waals surface area (Å²) in [6.07, 6.45) is 0. The zero-order chi connectivity index (χ0) is 10.9. The number of halogens is 4. The van der Waals surface area contributed by atoms with Crippen molar-refractivity contribution in [3.8, 4) is 0 Å². The van der Waals surface area contributed by atoms with E-state index in [1.54, 1.807) is 13.8 Å². The molecule has 0 heterocycles. The summed E-state index contributed by atoms with van der Waals surface area (Å²) in [5, 5.41) is 0. The van der Waals surface area contributed by atoms with Gasteiger partial charge < -0.3 is 0 Å². The summed E-state index contributed by atoms with van der Waals surface area (Å²) in [5.41, 5.74) is 0.0619. The highest BCUT2D eigenvalue weighted by Gasteiger charge is 2.19. The topological polar surface area (TPSA) is 0 Å². The largest absolute Gasteiger partial charge is 0.207 e. The Morgan fingerprint density at radius 2 is 1.71 bits per heavy atom. The Labute approximate surface area is 89.3 Å². The molecule has 0 N–H and O–H groups in total. The number of hydrogen-bond acceptors (Lipinski definition) is 0. The van der Waals surface area contributed by atoms with Crippen LogP contribution in [0.25, 0.3) is 0 Å². The molecule has 14 heavy (non-hydrogen) atoms. The van der Waals surface area contributed by atoms with Crippen LogP contribution in [0.15, 0.2) is 12.1 Å². The molecular formula is C10H10BrF3. The van der Waals surface area contributed by atoms with Crippen molar-refractivity contribution in [2.75, 3.05) is 0 Å². The smallest absolute Gasteiger partial charge is 0.162 e. The fraction of sp³-hybridized carbons (Fsp3) is 0.400. The fourth-order valence-electron chi connectivity index (χ4n) is 1.15. The third-order valence-corrected chi connectivity index (χ3v) is 2.99. The van der Waals surface area contributed by atoms with Gasteiger partial charge in [-0.25, -0.2) is 13.2 Å². The zero-order valence-electron chi connectivity index (χ0n) is 7.82. The minimum atomic E-state index is -1.14. The summed E-state index contributed by atoms with van der Waals surface area (Å²) in [4.78, 5) is -0.0433. The monoisotopic (exact) mass is 266 g/mol. The number of benzene rings is 1. The quantitative estimate of drug-likeness (QED) is 0.561. The molecule has 0 aliphatic carbocycles.